The summed E-state index contributed by atoms with van der Waals surface area (Å²) in [6, 6.07) is 31.9. The maximum Gasteiger partial charge on any atom is 0.116 e. The van der Waals surface area contributed by atoms with Crippen molar-refractivity contribution in [3.05, 3.63) is 116 Å². The molecule has 0 saturated carbocycles. The van der Waals surface area contributed by atoms with Gasteiger partial charge in [-0.25, -0.2) is 9.97 Å². The standard InChI is InChI=1S/C31H19N5/c1-2-8-20(9-3-1)35-26-13-7-5-11-23(26)28-29-24(18-33-19-34-29)27-22-10-4-6-12-25(22)36(30(27)31(28)35)21-14-16-32-17-15-21/h1-19H. The molecule has 5 heteroatoms. The fourth-order valence-corrected chi connectivity index (χ4v) is 5.76. The molecule has 0 bridgehead atoms. The lowest BCUT2D eigenvalue weighted by molar-refractivity contribution is 1.14. The highest BCUT2D eigenvalue weighted by Gasteiger charge is 2.24. The van der Waals surface area contributed by atoms with E-state index in [1.807, 2.05) is 18.6 Å². The number of hydrogen-bond acceptors (Lipinski definition) is 3. The van der Waals surface area contributed by atoms with Gasteiger partial charge < -0.3 is 9.13 Å². The van der Waals surface area contributed by atoms with E-state index in [1.165, 1.54) is 10.8 Å². The normalized spacial score (nSPS) is 11.9. The van der Waals surface area contributed by atoms with Crippen LogP contribution < -0.4 is 0 Å². The average molecular weight is 462 g/mol. The Balaban J connectivity index is 1.79. The Morgan fingerprint density at radius 3 is 1.81 bits per heavy atom. The Hall–Kier alpha value is -5.03. The van der Waals surface area contributed by atoms with Gasteiger partial charge in [0.05, 0.1) is 27.6 Å². The topological polar surface area (TPSA) is 48.5 Å². The molecule has 0 aliphatic carbocycles. The number of hydrogen-bond donors (Lipinski definition) is 0. The minimum absolute atomic E-state index is 0.969. The van der Waals surface area contributed by atoms with Gasteiger partial charge in [0.25, 0.3) is 0 Å². The van der Waals surface area contributed by atoms with E-state index in [1.54, 1.807) is 6.33 Å². The molecular formula is C31H19N5. The van der Waals surface area contributed by atoms with Crippen LogP contribution in [0.5, 0.6) is 0 Å². The SMILES string of the molecule is c1ccc(-n2c3ccccc3c3c4ncncc4c4c5ccccc5n(-c5ccncc5)c4c32)cc1. The first-order chi connectivity index (χ1) is 17.9. The van der Waals surface area contributed by atoms with Crippen LogP contribution in [0.4, 0.5) is 0 Å². The van der Waals surface area contributed by atoms with Crippen LogP contribution in [0.1, 0.15) is 0 Å². The van der Waals surface area contributed by atoms with Crippen molar-refractivity contribution in [3.8, 4) is 11.4 Å². The van der Waals surface area contributed by atoms with E-state index in [9.17, 15) is 0 Å². The number of pyridine rings is 1. The zero-order chi connectivity index (χ0) is 23.6. The number of fused-ring (bicyclic) bond motifs is 10. The van der Waals surface area contributed by atoms with Crippen LogP contribution in [0.25, 0.3) is 65.9 Å². The van der Waals surface area contributed by atoms with Gasteiger partial charge in [0.15, 0.2) is 0 Å². The zero-order valence-electron chi connectivity index (χ0n) is 19.2. The summed E-state index contributed by atoms with van der Waals surface area (Å²) < 4.78 is 4.74. The fraction of sp³-hybridized carbons (Fsp3) is 0. The first kappa shape index (κ1) is 19.3. The Morgan fingerprint density at radius 2 is 1.08 bits per heavy atom. The minimum atomic E-state index is 0.969. The van der Waals surface area contributed by atoms with Crippen molar-refractivity contribution >= 4 is 54.5 Å². The maximum absolute atomic E-state index is 4.86. The van der Waals surface area contributed by atoms with Crippen molar-refractivity contribution < 1.29 is 0 Å². The van der Waals surface area contributed by atoms with Gasteiger partial charge in [0.2, 0.25) is 0 Å². The van der Waals surface area contributed by atoms with Crippen molar-refractivity contribution in [3.63, 3.8) is 0 Å². The molecule has 8 rings (SSSR count). The van der Waals surface area contributed by atoms with Crippen molar-refractivity contribution in [1.82, 2.24) is 24.1 Å². The van der Waals surface area contributed by atoms with Crippen LogP contribution in [0.2, 0.25) is 0 Å². The summed E-state index contributed by atoms with van der Waals surface area (Å²) in [7, 11) is 0. The molecule has 5 nitrogen and oxygen atoms in total. The third kappa shape index (κ3) is 2.46. The molecule has 0 N–H and O–H groups in total. The maximum atomic E-state index is 4.86. The first-order valence-corrected chi connectivity index (χ1v) is 12.0. The van der Waals surface area contributed by atoms with E-state index in [2.05, 4.69) is 110 Å². The number of nitrogens with zero attached hydrogens (tertiary/aromatic N) is 5. The monoisotopic (exact) mass is 461 g/mol. The van der Waals surface area contributed by atoms with Crippen LogP contribution in [0, 0.1) is 0 Å². The van der Waals surface area contributed by atoms with Gasteiger partial charge in [-0.2, -0.15) is 0 Å². The predicted molar refractivity (Wildman–Crippen MR) is 146 cm³/mol. The molecule has 0 saturated heterocycles. The smallest absolute Gasteiger partial charge is 0.116 e. The highest BCUT2D eigenvalue weighted by molar-refractivity contribution is 6.35. The summed E-state index contributed by atoms with van der Waals surface area (Å²) in [5.41, 5.74) is 7.72. The molecule has 168 valence electrons. The molecular weight excluding hydrogens is 442 g/mol. The average Bonchev–Trinajstić information content (AvgIpc) is 3.48. The lowest BCUT2D eigenvalue weighted by Crippen LogP contribution is -1.99. The summed E-state index contributed by atoms with van der Waals surface area (Å²) >= 11 is 0. The molecule has 0 amide bonds. The van der Waals surface area contributed by atoms with Crippen molar-refractivity contribution in [2.24, 2.45) is 0 Å². The molecule has 0 aliphatic rings. The second-order valence-corrected chi connectivity index (χ2v) is 8.98. The molecule has 4 heterocycles. The van der Waals surface area contributed by atoms with Gasteiger partial charge in [-0.15, -0.1) is 0 Å². The van der Waals surface area contributed by atoms with Gasteiger partial charge in [-0.3, -0.25) is 4.98 Å². The summed E-state index contributed by atoms with van der Waals surface area (Å²) in [6.45, 7) is 0. The van der Waals surface area contributed by atoms with E-state index in [0.717, 1.165) is 55.1 Å². The van der Waals surface area contributed by atoms with Crippen LogP contribution >= 0.6 is 0 Å². The molecule has 4 aromatic heterocycles. The van der Waals surface area contributed by atoms with Gasteiger partial charge >= 0.3 is 0 Å². The lowest BCUT2D eigenvalue weighted by Gasteiger charge is -2.13. The third-order valence-corrected chi connectivity index (χ3v) is 7.13. The Bertz CT molecular complexity index is 1930. The molecule has 4 aromatic carbocycles. The summed E-state index contributed by atoms with van der Waals surface area (Å²) in [6.07, 6.45) is 7.32. The molecule has 0 aliphatic heterocycles. The molecule has 0 atom stereocenters. The third-order valence-electron chi connectivity index (χ3n) is 7.13. The van der Waals surface area contributed by atoms with E-state index in [-0.39, 0.29) is 0 Å². The van der Waals surface area contributed by atoms with E-state index >= 15 is 0 Å². The largest absolute Gasteiger partial charge is 0.307 e. The Morgan fingerprint density at radius 1 is 0.500 bits per heavy atom. The second kappa shape index (κ2) is 7.23. The molecule has 0 fully saturated rings. The summed E-state index contributed by atoms with van der Waals surface area (Å²) in [5, 5.41) is 5.70. The highest BCUT2D eigenvalue weighted by atomic mass is 15.0. The number of benzene rings is 4. The first-order valence-electron chi connectivity index (χ1n) is 12.0. The lowest BCUT2D eigenvalue weighted by atomic mass is 10.0. The minimum Gasteiger partial charge on any atom is -0.307 e. The van der Waals surface area contributed by atoms with Crippen molar-refractivity contribution in [2.45, 2.75) is 0 Å². The molecule has 36 heavy (non-hydrogen) atoms. The Labute approximate surface area is 205 Å². The second-order valence-electron chi connectivity index (χ2n) is 8.98. The molecule has 8 aromatic rings. The highest BCUT2D eigenvalue weighted by Crippen LogP contribution is 2.45. The molecule has 0 radical (unpaired) electrons. The number of para-hydroxylation sites is 3. The quantitative estimate of drug-likeness (QED) is 0.273. The van der Waals surface area contributed by atoms with Crippen LogP contribution in [0.3, 0.4) is 0 Å². The molecule has 0 spiro atoms. The number of rotatable bonds is 2. The fourth-order valence-electron chi connectivity index (χ4n) is 5.76. The van der Waals surface area contributed by atoms with Crippen LogP contribution in [-0.4, -0.2) is 24.1 Å². The van der Waals surface area contributed by atoms with Crippen molar-refractivity contribution in [1.29, 1.82) is 0 Å². The van der Waals surface area contributed by atoms with Gasteiger partial charge in [-0.1, -0.05) is 54.6 Å². The van der Waals surface area contributed by atoms with Crippen molar-refractivity contribution in [2.75, 3.05) is 0 Å². The predicted octanol–water partition coefficient (Wildman–Crippen LogP) is 7.22. The summed E-state index contributed by atoms with van der Waals surface area (Å²) in [5.74, 6) is 0. The van der Waals surface area contributed by atoms with Crippen LogP contribution in [-0.2, 0) is 0 Å². The zero-order valence-corrected chi connectivity index (χ0v) is 19.2. The van der Waals surface area contributed by atoms with E-state index < -0.39 is 0 Å². The van der Waals surface area contributed by atoms with E-state index in [0.29, 0.717) is 0 Å². The van der Waals surface area contributed by atoms with Gasteiger partial charge in [0.1, 0.15) is 6.33 Å². The Kier molecular flexibility index (Phi) is 3.88. The molecule has 0 unspecified atom stereocenters. The summed E-state index contributed by atoms with van der Waals surface area (Å²) in [4.78, 5) is 13.6. The van der Waals surface area contributed by atoms with Crippen LogP contribution in [0.15, 0.2) is 116 Å². The number of aromatic nitrogens is 5. The van der Waals surface area contributed by atoms with E-state index in [4.69, 9.17) is 4.98 Å². The van der Waals surface area contributed by atoms with Gasteiger partial charge in [0, 0.05) is 56.9 Å². The van der Waals surface area contributed by atoms with Gasteiger partial charge in [-0.05, 0) is 36.4 Å².